The molecule has 9 aromatic carbocycles. The van der Waals surface area contributed by atoms with Crippen molar-refractivity contribution >= 4 is 59.3 Å². The fourth-order valence-electron chi connectivity index (χ4n) is 7.73. The third-order valence-electron chi connectivity index (χ3n) is 10.5. The smallest absolute Gasteiger partial charge is 0.0554 e. The zero-order valence-corrected chi connectivity index (χ0v) is 30.4. The standard InChI is InChI=1S/C52H35NS/c1-2-11-36(12-3-1)41-15-8-16-42(33-41)38-25-29-46(30-26-38)53(49-20-10-22-51-52(49)48-19-6-7-21-50(48)54-51)47-31-27-39(28-32-47)43-17-9-18-44(34-43)45-24-23-37-13-4-5-14-40(37)35-45/h1-35H. The van der Waals surface area contributed by atoms with Crippen molar-refractivity contribution in [2.45, 2.75) is 0 Å². The Kier molecular flexibility index (Phi) is 8.09. The molecule has 0 aliphatic heterocycles. The van der Waals surface area contributed by atoms with Gasteiger partial charge in [0.2, 0.25) is 0 Å². The van der Waals surface area contributed by atoms with Crippen molar-refractivity contribution < 1.29 is 0 Å². The summed E-state index contributed by atoms with van der Waals surface area (Å²) >= 11 is 1.86. The molecule has 0 aliphatic carbocycles. The van der Waals surface area contributed by atoms with Gasteiger partial charge in [-0.2, -0.15) is 0 Å². The van der Waals surface area contributed by atoms with Crippen LogP contribution in [0.25, 0.3) is 75.5 Å². The first kappa shape index (κ1) is 32.0. The summed E-state index contributed by atoms with van der Waals surface area (Å²) in [5, 5.41) is 5.09. The van der Waals surface area contributed by atoms with Crippen molar-refractivity contribution in [3.05, 3.63) is 212 Å². The molecule has 10 aromatic rings. The summed E-state index contributed by atoms with van der Waals surface area (Å²) in [4.78, 5) is 2.42. The van der Waals surface area contributed by atoms with E-state index in [0.29, 0.717) is 0 Å². The second-order valence-electron chi connectivity index (χ2n) is 13.8. The van der Waals surface area contributed by atoms with Crippen LogP contribution in [0.5, 0.6) is 0 Å². The molecule has 0 spiro atoms. The van der Waals surface area contributed by atoms with Gasteiger partial charge in [-0.25, -0.2) is 0 Å². The van der Waals surface area contributed by atoms with E-state index in [1.165, 1.54) is 81.1 Å². The predicted octanol–water partition coefficient (Wildman–Crippen LogP) is 15.3. The number of nitrogens with zero attached hydrogens (tertiary/aromatic N) is 1. The van der Waals surface area contributed by atoms with Gasteiger partial charge in [-0.3, -0.25) is 0 Å². The normalized spacial score (nSPS) is 11.3. The molecule has 0 saturated heterocycles. The Labute approximate surface area is 319 Å². The second-order valence-corrected chi connectivity index (χ2v) is 14.9. The van der Waals surface area contributed by atoms with Gasteiger partial charge in [0.25, 0.3) is 0 Å². The summed E-state index contributed by atoms with van der Waals surface area (Å²) in [7, 11) is 0. The molecule has 1 heterocycles. The van der Waals surface area contributed by atoms with Crippen molar-refractivity contribution in [3.8, 4) is 44.5 Å². The van der Waals surface area contributed by atoms with Crippen molar-refractivity contribution in [2.24, 2.45) is 0 Å². The molecular weight excluding hydrogens is 671 g/mol. The lowest BCUT2D eigenvalue weighted by molar-refractivity contribution is 1.30. The van der Waals surface area contributed by atoms with Crippen LogP contribution >= 0.6 is 11.3 Å². The molecule has 0 saturated carbocycles. The average Bonchev–Trinajstić information content (AvgIpc) is 3.64. The van der Waals surface area contributed by atoms with Crippen LogP contribution in [-0.2, 0) is 0 Å². The van der Waals surface area contributed by atoms with Crippen LogP contribution in [0.2, 0.25) is 0 Å². The molecule has 254 valence electrons. The average molecular weight is 706 g/mol. The summed E-state index contributed by atoms with van der Waals surface area (Å²) in [5.74, 6) is 0. The molecule has 0 unspecified atom stereocenters. The highest BCUT2D eigenvalue weighted by molar-refractivity contribution is 7.26. The number of hydrogen-bond donors (Lipinski definition) is 0. The molecule has 0 aliphatic rings. The van der Waals surface area contributed by atoms with Crippen LogP contribution in [0, 0.1) is 0 Å². The van der Waals surface area contributed by atoms with Crippen LogP contribution in [0.15, 0.2) is 212 Å². The summed E-state index contributed by atoms with van der Waals surface area (Å²) in [6.07, 6.45) is 0. The molecule has 0 bridgehead atoms. The van der Waals surface area contributed by atoms with Crippen molar-refractivity contribution in [3.63, 3.8) is 0 Å². The first-order chi connectivity index (χ1) is 26.7. The third kappa shape index (κ3) is 5.93. The summed E-state index contributed by atoms with van der Waals surface area (Å²) in [6.45, 7) is 0. The number of anilines is 3. The maximum atomic E-state index is 2.42. The van der Waals surface area contributed by atoms with E-state index >= 15 is 0 Å². The Morgan fingerprint density at radius 3 is 1.43 bits per heavy atom. The molecule has 0 amide bonds. The van der Waals surface area contributed by atoms with Gasteiger partial charge in [0.15, 0.2) is 0 Å². The quantitative estimate of drug-likeness (QED) is 0.160. The van der Waals surface area contributed by atoms with Crippen LogP contribution in [0.1, 0.15) is 0 Å². The van der Waals surface area contributed by atoms with Crippen LogP contribution in [0.4, 0.5) is 17.1 Å². The zero-order chi connectivity index (χ0) is 35.8. The largest absolute Gasteiger partial charge is 0.310 e. The fourth-order valence-corrected chi connectivity index (χ4v) is 8.86. The SMILES string of the molecule is c1ccc(-c2cccc(-c3ccc(N(c4ccc(-c5cccc(-c6ccc7ccccc7c6)c5)cc4)c4cccc5sc6ccccc6c45)cc3)c2)cc1. The molecule has 10 rings (SSSR count). The highest BCUT2D eigenvalue weighted by Crippen LogP contribution is 2.45. The molecule has 0 N–H and O–H groups in total. The molecular formula is C52H35NS. The van der Waals surface area contributed by atoms with Crippen molar-refractivity contribution in [1.82, 2.24) is 0 Å². The highest BCUT2D eigenvalue weighted by atomic mass is 32.1. The Morgan fingerprint density at radius 2 is 0.759 bits per heavy atom. The highest BCUT2D eigenvalue weighted by Gasteiger charge is 2.19. The molecule has 1 nitrogen and oxygen atoms in total. The molecule has 0 radical (unpaired) electrons. The summed E-state index contributed by atoms with van der Waals surface area (Å²) < 4.78 is 2.59. The number of fused-ring (bicyclic) bond motifs is 4. The predicted molar refractivity (Wildman–Crippen MR) is 233 cm³/mol. The Hall–Kier alpha value is -6.74. The second kappa shape index (κ2) is 13.7. The number of rotatable bonds is 7. The monoisotopic (exact) mass is 705 g/mol. The maximum Gasteiger partial charge on any atom is 0.0554 e. The first-order valence-electron chi connectivity index (χ1n) is 18.4. The van der Waals surface area contributed by atoms with Crippen molar-refractivity contribution in [1.29, 1.82) is 0 Å². The van der Waals surface area contributed by atoms with Gasteiger partial charge in [-0.05, 0) is 116 Å². The minimum absolute atomic E-state index is 1.12. The maximum absolute atomic E-state index is 2.42. The Morgan fingerprint density at radius 1 is 0.296 bits per heavy atom. The van der Waals surface area contributed by atoms with E-state index in [2.05, 4.69) is 217 Å². The zero-order valence-electron chi connectivity index (χ0n) is 29.6. The Bertz CT molecular complexity index is 2920. The van der Waals surface area contributed by atoms with E-state index in [1.54, 1.807) is 0 Å². The molecule has 0 atom stereocenters. The van der Waals surface area contributed by atoms with Gasteiger partial charge in [-0.1, -0.05) is 152 Å². The van der Waals surface area contributed by atoms with E-state index in [4.69, 9.17) is 0 Å². The topological polar surface area (TPSA) is 3.24 Å². The number of benzene rings is 9. The minimum atomic E-state index is 1.12. The third-order valence-corrected chi connectivity index (χ3v) is 11.6. The molecule has 2 heteroatoms. The lowest BCUT2D eigenvalue weighted by Crippen LogP contribution is -2.10. The van der Waals surface area contributed by atoms with E-state index in [-0.39, 0.29) is 0 Å². The summed E-state index contributed by atoms with van der Waals surface area (Å²) in [5.41, 5.74) is 13.1. The van der Waals surface area contributed by atoms with Gasteiger partial charge >= 0.3 is 0 Å². The number of hydrogen-bond acceptors (Lipinski definition) is 2. The van der Waals surface area contributed by atoms with Gasteiger partial charge in [0.05, 0.1) is 5.69 Å². The molecule has 0 fully saturated rings. The van der Waals surface area contributed by atoms with E-state index in [9.17, 15) is 0 Å². The summed E-state index contributed by atoms with van der Waals surface area (Å²) in [6, 6.07) is 77.1. The van der Waals surface area contributed by atoms with E-state index in [0.717, 1.165) is 11.4 Å². The van der Waals surface area contributed by atoms with Crippen molar-refractivity contribution in [2.75, 3.05) is 4.90 Å². The van der Waals surface area contributed by atoms with Crippen LogP contribution < -0.4 is 4.90 Å². The molecule has 54 heavy (non-hydrogen) atoms. The van der Waals surface area contributed by atoms with Gasteiger partial charge in [0, 0.05) is 31.5 Å². The fraction of sp³-hybridized carbons (Fsp3) is 0. The lowest BCUT2D eigenvalue weighted by atomic mass is 9.97. The Balaban J connectivity index is 1.05. The van der Waals surface area contributed by atoms with Crippen LogP contribution in [-0.4, -0.2) is 0 Å². The van der Waals surface area contributed by atoms with Gasteiger partial charge < -0.3 is 4.90 Å². The minimum Gasteiger partial charge on any atom is -0.310 e. The number of thiophene rings is 1. The molecule has 1 aromatic heterocycles. The first-order valence-corrected chi connectivity index (χ1v) is 19.2. The van der Waals surface area contributed by atoms with Gasteiger partial charge in [-0.15, -0.1) is 11.3 Å². The van der Waals surface area contributed by atoms with E-state index < -0.39 is 0 Å². The van der Waals surface area contributed by atoms with E-state index in [1.807, 2.05) is 11.3 Å². The lowest BCUT2D eigenvalue weighted by Gasteiger charge is -2.27. The van der Waals surface area contributed by atoms with Crippen LogP contribution in [0.3, 0.4) is 0 Å². The van der Waals surface area contributed by atoms with Gasteiger partial charge in [0.1, 0.15) is 0 Å².